The van der Waals surface area contributed by atoms with Gasteiger partial charge in [0.25, 0.3) is 5.91 Å². The lowest BCUT2D eigenvalue weighted by Crippen LogP contribution is -2.55. The number of hydrogen-bond acceptors (Lipinski definition) is 4. The molecule has 1 aliphatic heterocycles. The Hall–Kier alpha value is -0.750. The van der Waals surface area contributed by atoms with Crippen LogP contribution in [0.5, 0.6) is 0 Å². The number of carbonyl (C=O) groups excluding carboxylic acids is 1. The third kappa shape index (κ3) is 3.96. The number of halogens is 1. The predicted octanol–water partition coefficient (Wildman–Crippen LogP) is 2.90. The van der Waals surface area contributed by atoms with E-state index in [4.69, 9.17) is 16.3 Å². The Kier molecular flexibility index (Phi) is 6.15. The maximum absolute atomic E-state index is 12.5. The maximum atomic E-state index is 12.5. The van der Waals surface area contributed by atoms with E-state index in [1.54, 1.807) is 17.8 Å². The van der Waals surface area contributed by atoms with Crippen LogP contribution in [0.25, 0.3) is 0 Å². The van der Waals surface area contributed by atoms with Crippen molar-refractivity contribution in [3.05, 3.63) is 28.8 Å². The van der Waals surface area contributed by atoms with Crippen LogP contribution < -0.4 is 5.32 Å². The van der Waals surface area contributed by atoms with Gasteiger partial charge in [-0.2, -0.15) is 0 Å². The highest BCUT2D eigenvalue weighted by Crippen LogP contribution is 2.26. The van der Waals surface area contributed by atoms with E-state index >= 15 is 0 Å². The van der Waals surface area contributed by atoms with E-state index < -0.39 is 0 Å². The van der Waals surface area contributed by atoms with Crippen molar-refractivity contribution < 1.29 is 9.53 Å². The minimum atomic E-state index is -0.117. The Morgan fingerprint density at radius 1 is 1.41 bits per heavy atom. The van der Waals surface area contributed by atoms with E-state index in [9.17, 15) is 4.79 Å². The third-order valence-corrected chi connectivity index (χ3v) is 5.42. The van der Waals surface area contributed by atoms with E-state index in [1.807, 2.05) is 18.4 Å². The van der Waals surface area contributed by atoms with Crippen LogP contribution in [0.15, 0.2) is 23.1 Å². The second-order valence-electron chi connectivity index (χ2n) is 5.76. The first kappa shape index (κ1) is 17.6. The Bertz CT molecular complexity index is 531. The van der Waals surface area contributed by atoms with Crippen molar-refractivity contribution >= 4 is 29.3 Å². The Morgan fingerprint density at radius 2 is 2.09 bits per heavy atom. The SMILES string of the molecule is CSc1ccc(Cl)c(C(=O)NCC2(N(C)C)CCOCC2)c1. The van der Waals surface area contributed by atoms with Crippen molar-refractivity contribution in [3.8, 4) is 0 Å². The predicted molar refractivity (Wildman–Crippen MR) is 92.0 cm³/mol. The van der Waals surface area contributed by atoms with Gasteiger partial charge in [-0.15, -0.1) is 11.8 Å². The van der Waals surface area contributed by atoms with Gasteiger partial charge in [-0.25, -0.2) is 0 Å². The molecule has 1 aromatic rings. The zero-order valence-electron chi connectivity index (χ0n) is 13.3. The molecule has 1 aromatic carbocycles. The Balaban J connectivity index is 2.08. The van der Waals surface area contributed by atoms with Gasteiger partial charge in [0.1, 0.15) is 0 Å². The van der Waals surface area contributed by atoms with E-state index in [1.165, 1.54) is 0 Å². The number of hydrogen-bond donors (Lipinski definition) is 1. The Morgan fingerprint density at radius 3 is 2.68 bits per heavy atom. The quantitative estimate of drug-likeness (QED) is 0.835. The fourth-order valence-electron chi connectivity index (χ4n) is 2.68. The topological polar surface area (TPSA) is 41.6 Å². The second-order valence-corrected chi connectivity index (χ2v) is 7.05. The van der Waals surface area contributed by atoms with Gasteiger partial charge in [-0.3, -0.25) is 4.79 Å². The molecule has 122 valence electrons. The summed E-state index contributed by atoms with van der Waals surface area (Å²) in [6.45, 7) is 2.07. The maximum Gasteiger partial charge on any atom is 0.252 e. The van der Waals surface area contributed by atoms with Gasteiger partial charge in [0.05, 0.1) is 10.6 Å². The van der Waals surface area contributed by atoms with Crippen molar-refractivity contribution in [2.75, 3.05) is 40.1 Å². The summed E-state index contributed by atoms with van der Waals surface area (Å²) in [6.07, 6.45) is 3.81. The lowest BCUT2D eigenvalue weighted by molar-refractivity contribution is -0.00658. The first-order chi connectivity index (χ1) is 10.5. The number of amides is 1. The number of nitrogens with one attached hydrogen (secondary N) is 1. The third-order valence-electron chi connectivity index (χ3n) is 4.37. The fourth-order valence-corrected chi connectivity index (χ4v) is 3.32. The summed E-state index contributed by atoms with van der Waals surface area (Å²) in [4.78, 5) is 15.7. The molecule has 1 amide bonds. The number of thioether (sulfide) groups is 1. The van der Waals surface area contributed by atoms with Crippen LogP contribution in [0.4, 0.5) is 0 Å². The van der Waals surface area contributed by atoms with Crippen LogP contribution in [0.1, 0.15) is 23.2 Å². The van der Waals surface area contributed by atoms with Crippen LogP contribution in [0.2, 0.25) is 5.02 Å². The van der Waals surface area contributed by atoms with Gasteiger partial charge in [0.2, 0.25) is 0 Å². The molecule has 2 rings (SSSR count). The first-order valence-corrected chi connectivity index (χ1v) is 8.96. The van der Waals surface area contributed by atoms with E-state index in [-0.39, 0.29) is 11.4 Å². The van der Waals surface area contributed by atoms with Gasteiger partial charge in [-0.1, -0.05) is 11.6 Å². The minimum Gasteiger partial charge on any atom is -0.381 e. The van der Waals surface area contributed by atoms with Crippen molar-refractivity contribution in [3.63, 3.8) is 0 Å². The Labute approximate surface area is 141 Å². The van der Waals surface area contributed by atoms with Gasteiger partial charge < -0.3 is 15.0 Å². The second kappa shape index (κ2) is 7.68. The highest BCUT2D eigenvalue weighted by Gasteiger charge is 2.35. The van der Waals surface area contributed by atoms with Crippen LogP contribution in [-0.2, 0) is 4.74 Å². The molecule has 0 aliphatic carbocycles. The molecule has 1 aliphatic rings. The normalized spacial score (nSPS) is 17.5. The molecule has 22 heavy (non-hydrogen) atoms. The van der Waals surface area contributed by atoms with E-state index in [0.717, 1.165) is 31.0 Å². The summed E-state index contributed by atoms with van der Waals surface area (Å²) in [5.74, 6) is -0.117. The molecule has 0 bridgehead atoms. The first-order valence-electron chi connectivity index (χ1n) is 7.35. The van der Waals surface area contributed by atoms with Crippen molar-refractivity contribution in [1.29, 1.82) is 0 Å². The van der Waals surface area contributed by atoms with Crippen LogP contribution in [-0.4, -0.2) is 56.5 Å². The number of carbonyl (C=O) groups is 1. The molecule has 0 atom stereocenters. The van der Waals surface area contributed by atoms with Crippen LogP contribution in [0, 0.1) is 0 Å². The highest BCUT2D eigenvalue weighted by molar-refractivity contribution is 7.98. The van der Waals surface area contributed by atoms with Gasteiger partial charge in [-0.05, 0) is 51.4 Å². The molecule has 0 aromatic heterocycles. The summed E-state index contributed by atoms with van der Waals surface area (Å²) < 4.78 is 5.45. The van der Waals surface area contributed by atoms with Gasteiger partial charge in [0.15, 0.2) is 0 Å². The van der Waals surface area contributed by atoms with Gasteiger partial charge in [0, 0.05) is 30.2 Å². The van der Waals surface area contributed by atoms with E-state index in [0.29, 0.717) is 17.1 Å². The molecule has 1 saturated heterocycles. The van der Waals surface area contributed by atoms with Crippen molar-refractivity contribution in [2.45, 2.75) is 23.3 Å². The van der Waals surface area contributed by atoms with Crippen LogP contribution in [0.3, 0.4) is 0 Å². The largest absolute Gasteiger partial charge is 0.381 e. The monoisotopic (exact) mass is 342 g/mol. The van der Waals surface area contributed by atoms with Crippen molar-refractivity contribution in [2.24, 2.45) is 0 Å². The lowest BCUT2D eigenvalue weighted by Gasteiger charge is -2.42. The molecule has 0 spiro atoms. The molecule has 1 fully saturated rings. The molecule has 0 radical (unpaired) electrons. The van der Waals surface area contributed by atoms with Crippen LogP contribution >= 0.6 is 23.4 Å². The molecule has 4 nitrogen and oxygen atoms in total. The summed E-state index contributed by atoms with van der Waals surface area (Å²) in [7, 11) is 4.11. The number of benzene rings is 1. The number of likely N-dealkylation sites (N-methyl/N-ethyl adjacent to an activating group) is 1. The zero-order chi connectivity index (χ0) is 16.2. The lowest BCUT2D eigenvalue weighted by atomic mass is 9.88. The summed E-state index contributed by atoms with van der Waals surface area (Å²) in [5.41, 5.74) is 0.492. The summed E-state index contributed by atoms with van der Waals surface area (Å²) >= 11 is 7.76. The molecule has 6 heteroatoms. The van der Waals surface area contributed by atoms with E-state index in [2.05, 4.69) is 24.3 Å². The highest BCUT2D eigenvalue weighted by atomic mass is 35.5. The molecule has 0 saturated carbocycles. The molecule has 1 heterocycles. The average molecular weight is 343 g/mol. The van der Waals surface area contributed by atoms with Gasteiger partial charge >= 0.3 is 0 Å². The summed E-state index contributed by atoms with van der Waals surface area (Å²) in [5, 5.41) is 3.54. The average Bonchev–Trinajstić information content (AvgIpc) is 2.54. The molecular weight excluding hydrogens is 320 g/mol. The smallest absolute Gasteiger partial charge is 0.252 e. The molecule has 0 unspecified atom stereocenters. The fraction of sp³-hybridized carbons (Fsp3) is 0.562. The minimum absolute atomic E-state index is 0.0441. The number of rotatable bonds is 5. The molecule has 1 N–H and O–H groups in total. The standard InChI is InChI=1S/C16H23ClN2O2S/c1-19(2)16(6-8-21-9-7-16)11-18-15(20)13-10-12(22-3)4-5-14(13)17/h4-5,10H,6-9,11H2,1-3H3,(H,18,20). The molecular formula is C16H23ClN2O2S. The number of ether oxygens (including phenoxy) is 1. The zero-order valence-corrected chi connectivity index (χ0v) is 14.9. The van der Waals surface area contributed by atoms with Crippen molar-refractivity contribution in [1.82, 2.24) is 10.2 Å². The number of nitrogens with zero attached hydrogens (tertiary/aromatic N) is 1. The summed E-state index contributed by atoms with van der Waals surface area (Å²) in [6, 6.07) is 5.54.